The molecule has 158 valence electrons. The zero-order valence-electron chi connectivity index (χ0n) is 16.8. The minimum Gasteiger partial charge on any atom is -0.495 e. The number of amides is 1. The number of para-hydroxylation sites is 2. The third-order valence-corrected chi connectivity index (χ3v) is 5.00. The first-order valence-electron chi connectivity index (χ1n) is 9.41. The van der Waals surface area contributed by atoms with Crippen LogP contribution in [0.4, 0.5) is 0 Å². The van der Waals surface area contributed by atoms with Gasteiger partial charge in [0.15, 0.2) is 0 Å². The van der Waals surface area contributed by atoms with E-state index in [-0.39, 0.29) is 29.3 Å². The van der Waals surface area contributed by atoms with Crippen LogP contribution >= 0.6 is 0 Å². The highest BCUT2D eigenvalue weighted by Gasteiger charge is 2.34. The zero-order valence-corrected chi connectivity index (χ0v) is 16.8. The molecule has 0 saturated heterocycles. The second-order valence-electron chi connectivity index (χ2n) is 6.88. The Labute approximate surface area is 176 Å². The number of aromatic nitrogens is 3. The number of hydrogen-bond donors (Lipinski definition) is 2. The number of carbonyl (C=O) groups excluding carboxylic acids is 1. The van der Waals surface area contributed by atoms with Crippen LogP contribution in [0.1, 0.15) is 30.5 Å². The van der Waals surface area contributed by atoms with Gasteiger partial charge in [0.25, 0.3) is 5.56 Å². The molecule has 0 fully saturated rings. The van der Waals surface area contributed by atoms with Crippen molar-refractivity contribution in [1.82, 2.24) is 19.5 Å². The Morgan fingerprint density at radius 3 is 2.68 bits per heavy atom. The summed E-state index contributed by atoms with van der Waals surface area (Å²) in [6, 6.07) is 9.60. The van der Waals surface area contributed by atoms with Crippen molar-refractivity contribution < 1.29 is 14.6 Å². The molecular weight excluding hydrogens is 402 g/mol. The summed E-state index contributed by atoms with van der Waals surface area (Å²) in [5.41, 5.74) is -0.680. The van der Waals surface area contributed by atoms with Gasteiger partial charge in [0.05, 0.1) is 24.6 Å². The van der Waals surface area contributed by atoms with E-state index < -0.39 is 23.2 Å². The SMILES string of the molecule is COc1ccccc1-n1c(O)c(C2=NN(C(C)=O)[C@@H](c3cccnc3)C2)c(=O)[nH]c1=O. The van der Waals surface area contributed by atoms with E-state index in [1.807, 2.05) is 0 Å². The Kier molecular flexibility index (Phi) is 5.12. The number of hydrogen-bond acceptors (Lipinski definition) is 7. The van der Waals surface area contributed by atoms with E-state index in [4.69, 9.17) is 4.74 Å². The summed E-state index contributed by atoms with van der Waals surface area (Å²) in [5.74, 6) is -0.602. The van der Waals surface area contributed by atoms with Gasteiger partial charge in [0, 0.05) is 25.7 Å². The second kappa shape index (κ2) is 7.90. The molecule has 0 spiro atoms. The van der Waals surface area contributed by atoms with Crippen LogP contribution in [0.25, 0.3) is 5.69 Å². The van der Waals surface area contributed by atoms with Gasteiger partial charge in [-0.05, 0) is 23.8 Å². The maximum Gasteiger partial charge on any atom is 0.335 e. The molecule has 1 atom stereocenters. The monoisotopic (exact) mass is 421 g/mol. The molecule has 0 saturated carbocycles. The number of ether oxygens (including phenoxy) is 1. The molecule has 0 bridgehead atoms. The van der Waals surface area contributed by atoms with E-state index in [0.29, 0.717) is 5.75 Å². The Morgan fingerprint density at radius 1 is 1.23 bits per heavy atom. The molecule has 3 heterocycles. The number of pyridine rings is 1. The fourth-order valence-electron chi connectivity index (χ4n) is 3.61. The first kappa shape index (κ1) is 20.1. The van der Waals surface area contributed by atoms with Gasteiger partial charge in [-0.15, -0.1) is 0 Å². The molecule has 1 aliphatic heterocycles. The van der Waals surface area contributed by atoms with Crippen LogP contribution in [-0.2, 0) is 4.79 Å². The molecule has 4 rings (SSSR count). The van der Waals surface area contributed by atoms with Crippen molar-refractivity contribution in [3.8, 4) is 17.3 Å². The van der Waals surface area contributed by atoms with Crippen LogP contribution in [0.5, 0.6) is 11.6 Å². The Morgan fingerprint density at radius 2 is 2.00 bits per heavy atom. The summed E-state index contributed by atoms with van der Waals surface area (Å²) in [5, 5.41) is 16.5. The maximum atomic E-state index is 12.6. The standard InChI is InChI=1S/C21H19N5O5/c1-12(27)26-16(13-6-5-9-22-11-13)10-14(24-26)18-19(28)23-21(30)25(20(18)29)15-7-3-4-8-17(15)31-2/h3-9,11,16,29H,10H2,1-2H3,(H,23,28,30)/t16-/m1/s1. The lowest BCUT2D eigenvalue weighted by Crippen LogP contribution is -2.33. The summed E-state index contributed by atoms with van der Waals surface area (Å²) in [6.45, 7) is 1.36. The highest BCUT2D eigenvalue weighted by Crippen LogP contribution is 2.34. The lowest BCUT2D eigenvalue weighted by molar-refractivity contribution is -0.130. The molecule has 0 aliphatic carbocycles. The summed E-state index contributed by atoms with van der Waals surface area (Å²) in [6.07, 6.45) is 3.38. The van der Waals surface area contributed by atoms with Gasteiger partial charge in [0.1, 0.15) is 11.3 Å². The Balaban J connectivity index is 1.87. The number of rotatable bonds is 4. The van der Waals surface area contributed by atoms with Crippen molar-refractivity contribution >= 4 is 11.6 Å². The molecule has 0 unspecified atom stereocenters. The van der Waals surface area contributed by atoms with Crippen LogP contribution in [0.2, 0.25) is 0 Å². The molecule has 2 aromatic heterocycles. The highest BCUT2D eigenvalue weighted by molar-refractivity contribution is 6.04. The van der Waals surface area contributed by atoms with Gasteiger partial charge in [-0.2, -0.15) is 5.10 Å². The average molecular weight is 421 g/mol. The number of nitrogens with zero attached hydrogens (tertiary/aromatic N) is 4. The predicted molar refractivity (Wildman–Crippen MR) is 112 cm³/mol. The van der Waals surface area contributed by atoms with Crippen LogP contribution in [-0.4, -0.2) is 43.4 Å². The predicted octanol–water partition coefficient (Wildman–Crippen LogP) is 1.33. The number of H-pyrrole nitrogens is 1. The number of benzene rings is 1. The smallest absolute Gasteiger partial charge is 0.335 e. The second-order valence-corrected chi connectivity index (χ2v) is 6.88. The van der Waals surface area contributed by atoms with Crippen LogP contribution < -0.4 is 16.0 Å². The highest BCUT2D eigenvalue weighted by atomic mass is 16.5. The molecule has 2 N–H and O–H groups in total. The first-order chi connectivity index (χ1) is 14.9. The molecule has 1 aromatic carbocycles. The van der Waals surface area contributed by atoms with E-state index in [9.17, 15) is 19.5 Å². The summed E-state index contributed by atoms with van der Waals surface area (Å²) in [4.78, 5) is 43.7. The van der Waals surface area contributed by atoms with Crippen molar-refractivity contribution in [2.24, 2.45) is 5.10 Å². The maximum absolute atomic E-state index is 12.6. The Hall–Kier alpha value is -4.21. The number of methoxy groups -OCH3 is 1. The lowest BCUT2D eigenvalue weighted by Gasteiger charge is -2.19. The molecule has 10 nitrogen and oxygen atoms in total. The zero-order chi connectivity index (χ0) is 22.1. The minimum absolute atomic E-state index is 0.159. The molecule has 10 heteroatoms. The first-order valence-corrected chi connectivity index (χ1v) is 9.41. The van der Waals surface area contributed by atoms with Crippen molar-refractivity contribution in [3.63, 3.8) is 0 Å². The number of nitrogens with one attached hydrogen (secondary N) is 1. The quantitative estimate of drug-likeness (QED) is 0.654. The average Bonchev–Trinajstić information content (AvgIpc) is 3.19. The fourth-order valence-corrected chi connectivity index (χ4v) is 3.61. The fraction of sp³-hybridized carbons (Fsp3) is 0.190. The number of aromatic amines is 1. The van der Waals surface area contributed by atoms with E-state index in [0.717, 1.165) is 10.1 Å². The number of hydrazone groups is 1. The number of carbonyl (C=O) groups is 1. The summed E-state index contributed by atoms with van der Waals surface area (Å²) in [7, 11) is 1.43. The van der Waals surface area contributed by atoms with Gasteiger partial charge in [-0.1, -0.05) is 18.2 Å². The van der Waals surface area contributed by atoms with Crippen LogP contribution in [0.15, 0.2) is 63.5 Å². The van der Waals surface area contributed by atoms with Gasteiger partial charge >= 0.3 is 5.69 Å². The van der Waals surface area contributed by atoms with Crippen LogP contribution in [0.3, 0.4) is 0 Å². The van der Waals surface area contributed by atoms with E-state index in [2.05, 4.69) is 15.1 Å². The molecular formula is C21H19N5O5. The van der Waals surface area contributed by atoms with Gasteiger partial charge in [0.2, 0.25) is 11.8 Å². The van der Waals surface area contributed by atoms with Crippen molar-refractivity contribution in [1.29, 1.82) is 0 Å². The van der Waals surface area contributed by atoms with Crippen LogP contribution in [0, 0.1) is 0 Å². The number of aromatic hydroxyl groups is 1. The van der Waals surface area contributed by atoms with Gasteiger partial charge < -0.3 is 9.84 Å². The molecule has 31 heavy (non-hydrogen) atoms. The summed E-state index contributed by atoms with van der Waals surface area (Å²) < 4.78 is 6.21. The normalized spacial score (nSPS) is 15.6. The summed E-state index contributed by atoms with van der Waals surface area (Å²) >= 11 is 0. The lowest BCUT2D eigenvalue weighted by atomic mass is 10.0. The van der Waals surface area contributed by atoms with E-state index in [1.165, 1.54) is 19.0 Å². The van der Waals surface area contributed by atoms with Crippen molar-refractivity contribution in [3.05, 3.63) is 80.8 Å². The van der Waals surface area contributed by atoms with E-state index >= 15 is 0 Å². The molecule has 3 aromatic rings. The minimum atomic E-state index is -0.832. The largest absolute Gasteiger partial charge is 0.495 e. The third-order valence-electron chi connectivity index (χ3n) is 5.00. The topological polar surface area (TPSA) is 130 Å². The molecule has 1 amide bonds. The van der Waals surface area contributed by atoms with Gasteiger partial charge in [-0.3, -0.25) is 19.6 Å². The Bertz CT molecular complexity index is 1300. The van der Waals surface area contributed by atoms with Gasteiger partial charge in [-0.25, -0.2) is 14.4 Å². The molecule has 0 radical (unpaired) electrons. The van der Waals surface area contributed by atoms with Crippen molar-refractivity contribution in [2.75, 3.05) is 7.11 Å². The van der Waals surface area contributed by atoms with E-state index in [1.54, 1.807) is 48.8 Å². The third kappa shape index (κ3) is 3.48. The van der Waals surface area contributed by atoms with Crippen molar-refractivity contribution in [2.45, 2.75) is 19.4 Å². The molecule has 1 aliphatic rings.